The molecule has 0 N–H and O–H groups in total. The molecule has 0 bridgehead atoms. The summed E-state index contributed by atoms with van der Waals surface area (Å²) in [6, 6.07) is 6.17. The van der Waals surface area contributed by atoms with E-state index in [1.165, 1.54) is 16.4 Å². The van der Waals surface area contributed by atoms with Crippen LogP contribution < -0.4 is 0 Å². The lowest BCUT2D eigenvalue weighted by atomic mass is 9.95. The molecule has 1 unspecified atom stereocenters. The Hall–Kier alpha value is -1.66. The van der Waals surface area contributed by atoms with Gasteiger partial charge < -0.3 is 4.74 Å². The number of benzene rings is 1. The lowest BCUT2D eigenvalue weighted by Gasteiger charge is -2.18. The maximum absolute atomic E-state index is 12.6. The fourth-order valence-electron chi connectivity index (χ4n) is 3.15. The molecular formula is C18H23NO4S. The predicted octanol–water partition coefficient (Wildman–Crippen LogP) is 2.98. The Morgan fingerprint density at radius 1 is 1.21 bits per heavy atom. The van der Waals surface area contributed by atoms with Crippen LogP contribution in [0.25, 0.3) is 0 Å². The van der Waals surface area contributed by atoms with E-state index in [-0.39, 0.29) is 4.90 Å². The van der Waals surface area contributed by atoms with E-state index in [4.69, 9.17) is 4.74 Å². The van der Waals surface area contributed by atoms with Gasteiger partial charge in [-0.1, -0.05) is 18.2 Å². The minimum atomic E-state index is -3.51. The normalized spacial score (nSPS) is 21.8. The molecule has 5 nitrogen and oxygen atoms in total. The molecule has 1 heterocycles. The van der Waals surface area contributed by atoms with E-state index in [2.05, 4.69) is 12.2 Å². The summed E-state index contributed by atoms with van der Waals surface area (Å²) in [6.07, 6.45) is 9.00. The lowest BCUT2D eigenvalue weighted by Crippen LogP contribution is -2.28. The van der Waals surface area contributed by atoms with Crippen molar-refractivity contribution in [3.05, 3.63) is 42.0 Å². The van der Waals surface area contributed by atoms with E-state index in [0.717, 1.165) is 32.1 Å². The minimum Gasteiger partial charge on any atom is -0.462 e. The maximum Gasteiger partial charge on any atom is 0.338 e. The summed E-state index contributed by atoms with van der Waals surface area (Å²) in [5, 5.41) is 0. The number of rotatable bonds is 5. The van der Waals surface area contributed by atoms with Crippen LogP contribution in [0, 0.1) is 5.92 Å². The first-order valence-corrected chi connectivity index (χ1v) is 9.94. The zero-order valence-corrected chi connectivity index (χ0v) is 14.5. The number of hydrogen-bond donors (Lipinski definition) is 0. The Morgan fingerprint density at radius 3 is 2.71 bits per heavy atom. The molecule has 0 amide bonds. The van der Waals surface area contributed by atoms with Gasteiger partial charge in [0.1, 0.15) is 0 Å². The summed E-state index contributed by atoms with van der Waals surface area (Å²) in [5.74, 6) is -0.0986. The molecule has 6 heteroatoms. The minimum absolute atomic E-state index is 0.166. The van der Waals surface area contributed by atoms with Crippen molar-refractivity contribution >= 4 is 16.0 Å². The standard InChI is InChI=1S/C18H23NO4S/c20-18(23-14-15-7-2-1-3-8-15)16-9-6-10-17(13-16)24(21,22)19-11-4-5-12-19/h1-2,6,9-10,13,15H,3-5,7-8,11-12,14H2. The van der Waals surface area contributed by atoms with Crippen molar-refractivity contribution < 1.29 is 17.9 Å². The van der Waals surface area contributed by atoms with E-state index in [1.54, 1.807) is 12.1 Å². The molecule has 1 aliphatic heterocycles. The number of allylic oxidation sites excluding steroid dienone is 2. The zero-order valence-electron chi connectivity index (χ0n) is 13.7. The number of esters is 1. The molecule has 24 heavy (non-hydrogen) atoms. The Kier molecular flexibility index (Phi) is 5.36. The summed E-state index contributed by atoms with van der Waals surface area (Å²) >= 11 is 0. The van der Waals surface area contributed by atoms with Crippen LogP contribution in [0.4, 0.5) is 0 Å². The van der Waals surface area contributed by atoms with Gasteiger partial charge in [-0.15, -0.1) is 0 Å². The van der Waals surface area contributed by atoms with Gasteiger partial charge in [-0.25, -0.2) is 13.2 Å². The highest BCUT2D eigenvalue weighted by atomic mass is 32.2. The van der Waals surface area contributed by atoms with E-state index >= 15 is 0 Å². The van der Waals surface area contributed by atoms with Gasteiger partial charge in [0.25, 0.3) is 0 Å². The van der Waals surface area contributed by atoms with Crippen LogP contribution in [0.5, 0.6) is 0 Å². The first-order valence-electron chi connectivity index (χ1n) is 8.50. The summed E-state index contributed by atoms with van der Waals surface area (Å²) in [7, 11) is -3.51. The molecular weight excluding hydrogens is 326 g/mol. The summed E-state index contributed by atoms with van der Waals surface area (Å²) in [5.41, 5.74) is 0.293. The van der Waals surface area contributed by atoms with E-state index in [1.807, 2.05) is 0 Å². The summed E-state index contributed by atoms with van der Waals surface area (Å²) in [4.78, 5) is 12.4. The molecule has 0 radical (unpaired) electrons. The van der Waals surface area contributed by atoms with Gasteiger partial charge in [-0.2, -0.15) is 4.31 Å². The monoisotopic (exact) mass is 349 g/mol. The highest BCUT2D eigenvalue weighted by Gasteiger charge is 2.27. The predicted molar refractivity (Wildman–Crippen MR) is 91.2 cm³/mol. The van der Waals surface area contributed by atoms with Crippen molar-refractivity contribution in [1.82, 2.24) is 4.31 Å². The fraction of sp³-hybridized carbons (Fsp3) is 0.500. The largest absolute Gasteiger partial charge is 0.462 e. The van der Waals surface area contributed by atoms with Gasteiger partial charge in [0, 0.05) is 13.1 Å². The van der Waals surface area contributed by atoms with Crippen LogP contribution in [0.1, 0.15) is 42.5 Å². The second-order valence-electron chi connectivity index (χ2n) is 6.39. The topological polar surface area (TPSA) is 63.7 Å². The Balaban J connectivity index is 1.68. The second-order valence-corrected chi connectivity index (χ2v) is 8.33. The smallest absolute Gasteiger partial charge is 0.338 e. The molecule has 1 aliphatic carbocycles. The second kappa shape index (κ2) is 7.49. The van der Waals surface area contributed by atoms with Crippen molar-refractivity contribution in [1.29, 1.82) is 0 Å². The Bertz CT molecular complexity index is 720. The number of carbonyl (C=O) groups is 1. The van der Waals surface area contributed by atoms with E-state index < -0.39 is 16.0 Å². The van der Waals surface area contributed by atoms with Crippen molar-refractivity contribution in [2.24, 2.45) is 5.92 Å². The lowest BCUT2D eigenvalue weighted by molar-refractivity contribution is 0.0432. The van der Waals surface area contributed by atoms with Crippen molar-refractivity contribution in [2.45, 2.75) is 37.0 Å². The van der Waals surface area contributed by atoms with Crippen molar-refractivity contribution in [3.8, 4) is 0 Å². The van der Waals surface area contributed by atoms with Crippen LogP contribution in [0.2, 0.25) is 0 Å². The van der Waals surface area contributed by atoms with Gasteiger partial charge in [-0.05, 0) is 56.2 Å². The number of carbonyl (C=O) groups excluding carboxylic acids is 1. The number of hydrogen-bond acceptors (Lipinski definition) is 4. The van der Waals surface area contributed by atoms with Gasteiger partial charge in [0.2, 0.25) is 10.0 Å². The van der Waals surface area contributed by atoms with Crippen LogP contribution in [-0.2, 0) is 14.8 Å². The van der Waals surface area contributed by atoms with E-state index in [0.29, 0.717) is 31.2 Å². The number of nitrogens with zero attached hydrogens (tertiary/aromatic N) is 1. The molecule has 0 spiro atoms. The van der Waals surface area contributed by atoms with Gasteiger partial charge >= 0.3 is 5.97 Å². The Labute approximate surface area is 143 Å². The first-order chi connectivity index (χ1) is 11.6. The van der Waals surface area contributed by atoms with Crippen LogP contribution in [0.15, 0.2) is 41.3 Å². The molecule has 1 aromatic rings. The highest BCUT2D eigenvalue weighted by Crippen LogP contribution is 2.22. The van der Waals surface area contributed by atoms with Crippen molar-refractivity contribution in [2.75, 3.05) is 19.7 Å². The Morgan fingerprint density at radius 2 is 2.00 bits per heavy atom. The summed E-state index contributed by atoms with van der Waals surface area (Å²) < 4.78 is 32.0. The molecule has 1 atom stereocenters. The third-order valence-electron chi connectivity index (χ3n) is 4.60. The third-order valence-corrected chi connectivity index (χ3v) is 6.49. The molecule has 130 valence electrons. The molecule has 1 aromatic carbocycles. The molecule has 0 aromatic heterocycles. The van der Waals surface area contributed by atoms with Gasteiger partial charge in [0.05, 0.1) is 17.1 Å². The maximum atomic E-state index is 12.6. The third kappa shape index (κ3) is 3.87. The average molecular weight is 349 g/mol. The van der Waals surface area contributed by atoms with Crippen LogP contribution in [0.3, 0.4) is 0 Å². The SMILES string of the molecule is O=C(OCC1CC=CCC1)c1cccc(S(=O)(=O)N2CCCC2)c1. The molecule has 0 saturated carbocycles. The molecule has 2 aliphatic rings. The first kappa shape index (κ1) is 17.2. The van der Waals surface area contributed by atoms with Crippen LogP contribution in [-0.4, -0.2) is 38.4 Å². The van der Waals surface area contributed by atoms with E-state index in [9.17, 15) is 13.2 Å². The van der Waals surface area contributed by atoms with Gasteiger partial charge in [0.15, 0.2) is 0 Å². The molecule has 3 rings (SSSR count). The number of sulfonamides is 1. The fourth-order valence-corrected chi connectivity index (χ4v) is 4.71. The summed E-state index contributed by atoms with van der Waals surface area (Å²) in [6.45, 7) is 1.48. The zero-order chi connectivity index (χ0) is 17.0. The molecule has 1 fully saturated rings. The number of ether oxygens (including phenoxy) is 1. The van der Waals surface area contributed by atoms with Crippen molar-refractivity contribution in [3.63, 3.8) is 0 Å². The molecule has 1 saturated heterocycles. The quantitative estimate of drug-likeness (QED) is 0.605. The average Bonchev–Trinajstić information content (AvgIpc) is 3.16. The van der Waals surface area contributed by atoms with Gasteiger partial charge in [-0.3, -0.25) is 0 Å². The van der Waals surface area contributed by atoms with Crippen LogP contribution >= 0.6 is 0 Å². The highest BCUT2D eigenvalue weighted by molar-refractivity contribution is 7.89.